The highest BCUT2D eigenvalue weighted by atomic mass is 16.5. The highest BCUT2D eigenvalue weighted by Crippen LogP contribution is 2.37. The first kappa shape index (κ1) is 11.9. The molecule has 2 saturated heterocycles. The van der Waals surface area contributed by atoms with E-state index in [1.165, 1.54) is 45.3 Å². The van der Waals surface area contributed by atoms with Gasteiger partial charge >= 0.3 is 0 Å². The molecule has 3 rings (SSSR count). The summed E-state index contributed by atoms with van der Waals surface area (Å²) in [6.45, 7) is 6.24. The van der Waals surface area contributed by atoms with Crippen molar-refractivity contribution in [1.82, 2.24) is 10.2 Å². The van der Waals surface area contributed by atoms with E-state index in [1.807, 2.05) is 7.11 Å². The van der Waals surface area contributed by atoms with Gasteiger partial charge < -0.3 is 10.1 Å². The van der Waals surface area contributed by atoms with Crippen molar-refractivity contribution in [2.75, 3.05) is 26.7 Å². The van der Waals surface area contributed by atoms with Gasteiger partial charge in [0.25, 0.3) is 0 Å². The Kier molecular flexibility index (Phi) is 3.42. The Balaban J connectivity index is 1.64. The average molecular weight is 238 g/mol. The fourth-order valence-corrected chi connectivity index (χ4v) is 4.32. The molecule has 0 spiro atoms. The normalized spacial score (nSPS) is 47.3. The van der Waals surface area contributed by atoms with Crippen LogP contribution in [0.4, 0.5) is 0 Å². The maximum atomic E-state index is 5.57. The van der Waals surface area contributed by atoms with E-state index >= 15 is 0 Å². The van der Waals surface area contributed by atoms with Crippen LogP contribution in [0.25, 0.3) is 0 Å². The zero-order valence-electron chi connectivity index (χ0n) is 11.2. The van der Waals surface area contributed by atoms with Crippen molar-refractivity contribution >= 4 is 0 Å². The predicted molar refractivity (Wildman–Crippen MR) is 69.1 cm³/mol. The molecule has 3 fully saturated rings. The number of fused-ring (bicyclic) bond motifs is 1. The minimum atomic E-state index is 0.513. The zero-order chi connectivity index (χ0) is 11.8. The van der Waals surface area contributed by atoms with Gasteiger partial charge in [0.1, 0.15) is 0 Å². The van der Waals surface area contributed by atoms with Gasteiger partial charge in [0.2, 0.25) is 0 Å². The molecule has 0 bridgehead atoms. The predicted octanol–water partition coefficient (Wildman–Crippen LogP) is 1.48. The van der Waals surface area contributed by atoms with Gasteiger partial charge in [-0.2, -0.15) is 0 Å². The van der Waals surface area contributed by atoms with Gasteiger partial charge in [0.05, 0.1) is 6.10 Å². The third kappa shape index (κ3) is 2.13. The van der Waals surface area contributed by atoms with Crippen LogP contribution in [0.2, 0.25) is 0 Å². The molecular formula is C14H26N2O. The van der Waals surface area contributed by atoms with E-state index in [1.54, 1.807) is 0 Å². The topological polar surface area (TPSA) is 24.5 Å². The van der Waals surface area contributed by atoms with Crippen molar-refractivity contribution in [3.05, 3.63) is 0 Å². The Morgan fingerprint density at radius 3 is 2.88 bits per heavy atom. The van der Waals surface area contributed by atoms with Crippen LogP contribution in [0.5, 0.6) is 0 Å². The first-order valence-corrected chi connectivity index (χ1v) is 7.29. The standard InChI is InChI=1S/C14H26N2O/c1-10-14-8-15-7-11(14)9-16(10)12-4-3-5-13(6-12)17-2/h10-15H,3-9H2,1-2H3. The van der Waals surface area contributed by atoms with Gasteiger partial charge in [-0.15, -0.1) is 0 Å². The maximum absolute atomic E-state index is 5.57. The van der Waals surface area contributed by atoms with Crippen LogP contribution >= 0.6 is 0 Å². The number of hydrogen-bond acceptors (Lipinski definition) is 3. The van der Waals surface area contributed by atoms with E-state index in [-0.39, 0.29) is 0 Å². The molecule has 0 aromatic carbocycles. The van der Waals surface area contributed by atoms with Crippen molar-refractivity contribution in [2.24, 2.45) is 11.8 Å². The molecule has 3 aliphatic rings. The van der Waals surface area contributed by atoms with E-state index in [0.29, 0.717) is 6.10 Å². The molecule has 1 saturated carbocycles. The van der Waals surface area contributed by atoms with Gasteiger partial charge in [0, 0.05) is 25.7 Å². The van der Waals surface area contributed by atoms with E-state index in [0.717, 1.165) is 23.9 Å². The first-order valence-electron chi connectivity index (χ1n) is 7.29. The van der Waals surface area contributed by atoms with Crippen LogP contribution in [0, 0.1) is 11.8 Å². The van der Waals surface area contributed by atoms with Gasteiger partial charge in [-0.25, -0.2) is 0 Å². The van der Waals surface area contributed by atoms with Crippen LogP contribution in [0.1, 0.15) is 32.6 Å². The Hall–Kier alpha value is -0.120. The molecular weight excluding hydrogens is 212 g/mol. The minimum absolute atomic E-state index is 0.513. The number of methoxy groups -OCH3 is 1. The number of rotatable bonds is 2. The maximum Gasteiger partial charge on any atom is 0.0586 e. The van der Waals surface area contributed by atoms with E-state index < -0.39 is 0 Å². The fourth-order valence-electron chi connectivity index (χ4n) is 4.32. The lowest BCUT2D eigenvalue weighted by molar-refractivity contribution is 0.0230. The van der Waals surface area contributed by atoms with E-state index in [9.17, 15) is 0 Å². The molecule has 0 aromatic heterocycles. The Bertz CT molecular complexity index is 271. The van der Waals surface area contributed by atoms with E-state index in [4.69, 9.17) is 4.74 Å². The highest BCUT2D eigenvalue weighted by molar-refractivity contribution is 4.99. The lowest BCUT2D eigenvalue weighted by Gasteiger charge is -2.38. The van der Waals surface area contributed by atoms with Crippen LogP contribution in [0.15, 0.2) is 0 Å². The Morgan fingerprint density at radius 1 is 1.24 bits per heavy atom. The molecule has 98 valence electrons. The van der Waals surface area contributed by atoms with Gasteiger partial charge in [0.15, 0.2) is 0 Å². The Morgan fingerprint density at radius 2 is 2.12 bits per heavy atom. The second-order valence-electron chi connectivity index (χ2n) is 6.20. The zero-order valence-corrected chi connectivity index (χ0v) is 11.2. The molecule has 0 amide bonds. The van der Waals surface area contributed by atoms with Crippen molar-refractivity contribution < 1.29 is 4.74 Å². The summed E-state index contributed by atoms with van der Waals surface area (Å²) in [6.07, 6.45) is 5.77. The molecule has 3 nitrogen and oxygen atoms in total. The van der Waals surface area contributed by atoms with Gasteiger partial charge in [-0.3, -0.25) is 4.90 Å². The molecule has 2 aliphatic heterocycles. The molecule has 1 aliphatic carbocycles. The van der Waals surface area contributed by atoms with Crippen molar-refractivity contribution in [1.29, 1.82) is 0 Å². The third-order valence-corrected chi connectivity index (χ3v) is 5.38. The average Bonchev–Trinajstić information content (AvgIpc) is 2.93. The van der Waals surface area contributed by atoms with Crippen molar-refractivity contribution in [3.63, 3.8) is 0 Å². The summed E-state index contributed by atoms with van der Waals surface area (Å²) in [4.78, 5) is 2.79. The first-order chi connectivity index (χ1) is 8.29. The lowest BCUT2D eigenvalue weighted by atomic mass is 9.90. The monoisotopic (exact) mass is 238 g/mol. The van der Waals surface area contributed by atoms with Crippen molar-refractivity contribution in [3.8, 4) is 0 Å². The van der Waals surface area contributed by atoms with Crippen LogP contribution in [-0.4, -0.2) is 49.8 Å². The minimum Gasteiger partial charge on any atom is -0.381 e. The molecule has 0 aromatic rings. The van der Waals surface area contributed by atoms with Crippen LogP contribution < -0.4 is 5.32 Å². The molecule has 17 heavy (non-hydrogen) atoms. The number of nitrogens with zero attached hydrogens (tertiary/aromatic N) is 1. The molecule has 1 N–H and O–H groups in total. The summed E-state index contributed by atoms with van der Waals surface area (Å²) in [5.41, 5.74) is 0. The number of nitrogens with one attached hydrogen (secondary N) is 1. The molecule has 3 heteroatoms. The molecule has 5 atom stereocenters. The van der Waals surface area contributed by atoms with Gasteiger partial charge in [-0.1, -0.05) is 0 Å². The van der Waals surface area contributed by atoms with E-state index in [2.05, 4.69) is 17.1 Å². The quantitative estimate of drug-likeness (QED) is 0.789. The smallest absolute Gasteiger partial charge is 0.0586 e. The fraction of sp³-hybridized carbons (Fsp3) is 1.00. The summed E-state index contributed by atoms with van der Waals surface area (Å²) < 4.78 is 5.57. The summed E-state index contributed by atoms with van der Waals surface area (Å²) in [6, 6.07) is 1.56. The van der Waals surface area contributed by atoms with Gasteiger partial charge in [-0.05, 0) is 57.5 Å². The summed E-state index contributed by atoms with van der Waals surface area (Å²) in [5.74, 6) is 1.81. The van der Waals surface area contributed by atoms with Crippen LogP contribution in [0.3, 0.4) is 0 Å². The molecule has 0 radical (unpaired) electrons. The number of hydrogen-bond donors (Lipinski definition) is 1. The molecule has 2 heterocycles. The SMILES string of the molecule is COC1CCCC(N2CC3CNCC3C2C)C1. The number of ether oxygens (including phenoxy) is 1. The Labute approximate surface area is 105 Å². The van der Waals surface area contributed by atoms with Crippen molar-refractivity contribution in [2.45, 2.75) is 50.8 Å². The van der Waals surface area contributed by atoms with Crippen LogP contribution in [-0.2, 0) is 4.74 Å². The second kappa shape index (κ2) is 4.87. The highest BCUT2D eigenvalue weighted by Gasteiger charge is 2.44. The second-order valence-corrected chi connectivity index (χ2v) is 6.20. The number of likely N-dealkylation sites (tertiary alicyclic amines) is 1. The third-order valence-electron chi connectivity index (χ3n) is 5.38. The summed E-state index contributed by atoms with van der Waals surface area (Å²) in [5, 5.41) is 3.55. The lowest BCUT2D eigenvalue weighted by Crippen LogP contribution is -2.44. The largest absolute Gasteiger partial charge is 0.381 e. The summed E-state index contributed by atoms with van der Waals surface area (Å²) >= 11 is 0. The summed E-state index contributed by atoms with van der Waals surface area (Å²) in [7, 11) is 1.87. The molecule has 5 unspecified atom stereocenters.